The summed E-state index contributed by atoms with van der Waals surface area (Å²) in [6, 6.07) is 9.61. The molecule has 0 heterocycles. The van der Waals surface area contributed by atoms with Crippen molar-refractivity contribution < 1.29 is 4.74 Å². The van der Waals surface area contributed by atoms with Gasteiger partial charge in [-0.1, -0.05) is 57.9 Å². The molecule has 0 bridgehead atoms. The van der Waals surface area contributed by atoms with Crippen LogP contribution in [0.5, 0.6) is 0 Å². The molecule has 0 saturated heterocycles. The Labute approximate surface area is 131 Å². The Hall–Kier alpha value is -0.860. The zero-order valence-corrected chi connectivity index (χ0v) is 14.3. The first-order valence-corrected chi connectivity index (χ1v) is 8.57. The van der Waals surface area contributed by atoms with Gasteiger partial charge in [-0.15, -0.1) is 0 Å². The minimum atomic E-state index is 0.492. The van der Waals surface area contributed by atoms with E-state index in [1.54, 1.807) is 7.11 Å². The first-order chi connectivity index (χ1) is 10.3. The third-order valence-corrected chi connectivity index (χ3v) is 4.15. The molecule has 2 heteroatoms. The van der Waals surface area contributed by atoms with Crippen LogP contribution in [0, 0.1) is 5.92 Å². The van der Waals surface area contributed by atoms with E-state index in [0.717, 1.165) is 25.5 Å². The Morgan fingerprint density at radius 3 is 2.10 bits per heavy atom. The van der Waals surface area contributed by atoms with Crippen molar-refractivity contribution in [2.45, 2.75) is 58.9 Å². The number of hydrogen-bond donors (Lipinski definition) is 1. The zero-order valence-electron chi connectivity index (χ0n) is 14.3. The van der Waals surface area contributed by atoms with E-state index in [2.05, 4.69) is 50.4 Å². The van der Waals surface area contributed by atoms with E-state index in [1.165, 1.54) is 36.8 Å². The molecular formula is C19H33NO. The van der Waals surface area contributed by atoms with Gasteiger partial charge < -0.3 is 10.1 Å². The van der Waals surface area contributed by atoms with Crippen molar-refractivity contribution in [3.05, 3.63) is 35.4 Å². The predicted octanol–water partition coefficient (Wildman–Crippen LogP) is 4.74. The topological polar surface area (TPSA) is 21.3 Å². The van der Waals surface area contributed by atoms with Gasteiger partial charge >= 0.3 is 0 Å². The van der Waals surface area contributed by atoms with E-state index in [-0.39, 0.29) is 0 Å². The molecule has 0 aliphatic carbocycles. The van der Waals surface area contributed by atoms with Crippen molar-refractivity contribution in [1.29, 1.82) is 0 Å². The molecule has 0 saturated carbocycles. The molecule has 1 rings (SSSR count). The van der Waals surface area contributed by atoms with Crippen LogP contribution in [0.1, 0.15) is 63.6 Å². The second-order valence-electron chi connectivity index (χ2n) is 5.86. The summed E-state index contributed by atoms with van der Waals surface area (Å²) in [6.45, 7) is 8.61. The van der Waals surface area contributed by atoms with E-state index in [1.807, 2.05) is 0 Å². The Morgan fingerprint density at radius 1 is 1.00 bits per heavy atom. The van der Waals surface area contributed by atoms with Gasteiger partial charge in [-0.3, -0.25) is 0 Å². The Kier molecular flexibility index (Phi) is 9.36. The maximum atomic E-state index is 5.15. The number of benzene rings is 1. The largest absolute Gasteiger partial charge is 0.384 e. The highest BCUT2D eigenvalue weighted by Crippen LogP contribution is 2.30. The minimum absolute atomic E-state index is 0.492. The average molecular weight is 291 g/mol. The summed E-state index contributed by atoms with van der Waals surface area (Å²) in [7, 11) is 1.76. The summed E-state index contributed by atoms with van der Waals surface area (Å²) in [5, 5.41) is 3.71. The second-order valence-corrected chi connectivity index (χ2v) is 5.86. The van der Waals surface area contributed by atoms with E-state index >= 15 is 0 Å². The number of methoxy groups -OCH3 is 1. The fourth-order valence-electron chi connectivity index (χ4n) is 3.11. The van der Waals surface area contributed by atoms with Gasteiger partial charge in [0.2, 0.25) is 0 Å². The quantitative estimate of drug-likeness (QED) is 0.635. The maximum Gasteiger partial charge on any atom is 0.0502 e. The minimum Gasteiger partial charge on any atom is -0.384 e. The zero-order chi connectivity index (χ0) is 15.5. The molecule has 0 spiro atoms. The molecule has 0 aliphatic heterocycles. The van der Waals surface area contributed by atoms with Crippen LogP contribution >= 0.6 is 0 Å². The van der Waals surface area contributed by atoms with Crippen LogP contribution in [-0.4, -0.2) is 20.3 Å². The number of hydrogen-bond acceptors (Lipinski definition) is 2. The summed E-state index contributed by atoms with van der Waals surface area (Å²) in [5.74, 6) is 0.741. The van der Waals surface area contributed by atoms with Crippen molar-refractivity contribution in [3.8, 4) is 0 Å². The highest BCUT2D eigenvalue weighted by Gasteiger charge is 2.20. The summed E-state index contributed by atoms with van der Waals surface area (Å²) in [6.07, 6.45) is 6.13. The number of nitrogens with one attached hydrogen (secondary N) is 1. The lowest BCUT2D eigenvalue weighted by atomic mass is 9.85. The van der Waals surface area contributed by atoms with Gasteiger partial charge in [0.05, 0.1) is 6.61 Å². The van der Waals surface area contributed by atoms with Gasteiger partial charge in [-0.2, -0.15) is 0 Å². The molecule has 21 heavy (non-hydrogen) atoms. The van der Waals surface area contributed by atoms with Crippen molar-refractivity contribution in [1.82, 2.24) is 5.32 Å². The van der Waals surface area contributed by atoms with Crippen molar-refractivity contribution in [2.24, 2.45) is 5.92 Å². The van der Waals surface area contributed by atoms with Gasteiger partial charge in [0.25, 0.3) is 0 Å². The van der Waals surface area contributed by atoms with Gasteiger partial charge in [0.1, 0.15) is 0 Å². The predicted molar refractivity (Wildman–Crippen MR) is 91.7 cm³/mol. The van der Waals surface area contributed by atoms with Crippen LogP contribution in [0.3, 0.4) is 0 Å². The lowest BCUT2D eigenvalue weighted by Crippen LogP contribution is -2.28. The fourth-order valence-corrected chi connectivity index (χ4v) is 3.11. The van der Waals surface area contributed by atoms with Crippen LogP contribution in [0.15, 0.2) is 24.3 Å². The smallest absolute Gasteiger partial charge is 0.0502 e. The van der Waals surface area contributed by atoms with Crippen molar-refractivity contribution >= 4 is 0 Å². The summed E-state index contributed by atoms with van der Waals surface area (Å²) >= 11 is 0. The Balaban J connectivity index is 2.82. The molecule has 0 aromatic heterocycles. The molecule has 1 aromatic carbocycles. The molecule has 1 aromatic rings. The molecule has 0 fully saturated rings. The van der Waals surface area contributed by atoms with E-state index < -0.39 is 0 Å². The van der Waals surface area contributed by atoms with Crippen LogP contribution in [0.4, 0.5) is 0 Å². The monoisotopic (exact) mass is 291 g/mol. The summed E-state index contributed by atoms with van der Waals surface area (Å²) in [4.78, 5) is 0. The first kappa shape index (κ1) is 18.2. The number of rotatable bonds is 11. The average Bonchev–Trinajstić information content (AvgIpc) is 2.51. The van der Waals surface area contributed by atoms with Crippen molar-refractivity contribution in [3.63, 3.8) is 0 Å². The standard InChI is InChI=1S/C19H33NO/c1-5-8-17(9-6-2)19(20-7-3)18-12-10-16(11-13-18)14-15-21-4/h10-13,17,19-20H,5-9,14-15H2,1-4H3. The van der Waals surface area contributed by atoms with Gasteiger partial charge in [-0.05, 0) is 42.9 Å². The molecule has 1 N–H and O–H groups in total. The van der Waals surface area contributed by atoms with Crippen LogP contribution in [0.2, 0.25) is 0 Å². The molecule has 2 nitrogen and oxygen atoms in total. The summed E-state index contributed by atoms with van der Waals surface area (Å²) < 4.78 is 5.15. The molecule has 0 amide bonds. The third kappa shape index (κ3) is 6.19. The molecule has 120 valence electrons. The molecular weight excluding hydrogens is 258 g/mol. The highest BCUT2D eigenvalue weighted by molar-refractivity contribution is 5.25. The SMILES string of the molecule is CCCC(CCC)C(NCC)c1ccc(CCOC)cc1. The highest BCUT2D eigenvalue weighted by atomic mass is 16.5. The third-order valence-electron chi connectivity index (χ3n) is 4.15. The van der Waals surface area contributed by atoms with Crippen LogP contribution < -0.4 is 5.32 Å². The first-order valence-electron chi connectivity index (χ1n) is 8.57. The van der Waals surface area contributed by atoms with Crippen LogP contribution in [0.25, 0.3) is 0 Å². The lowest BCUT2D eigenvalue weighted by molar-refractivity contribution is 0.202. The van der Waals surface area contributed by atoms with E-state index in [9.17, 15) is 0 Å². The van der Waals surface area contributed by atoms with Gasteiger partial charge in [-0.25, -0.2) is 0 Å². The molecule has 1 atom stereocenters. The lowest BCUT2D eigenvalue weighted by Gasteiger charge is -2.28. The van der Waals surface area contributed by atoms with E-state index in [0.29, 0.717) is 6.04 Å². The molecule has 0 aliphatic rings. The van der Waals surface area contributed by atoms with Gasteiger partial charge in [0, 0.05) is 13.2 Å². The van der Waals surface area contributed by atoms with Crippen LogP contribution in [-0.2, 0) is 11.2 Å². The van der Waals surface area contributed by atoms with E-state index in [4.69, 9.17) is 4.74 Å². The molecule has 1 unspecified atom stereocenters. The Bertz CT molecular complexity index is 354. The van der Waals surface area contributed by atoms with Gasteiger partial charge in [0.15, 0.2) is 0 Å². The maximum absolute atomic E-state index is 5.15. The number of ether oxygens (including phenoxy) is 1. The fraction of sp³-hybridized carbons (Fsp3) is 0.684. The van der Waals surface area contributed by atoms with Crippen molar-refractivity contribution in [2.75, 3.05) is 20.3 Å². The second kappa shape index (κ2) is 10.8. The molecule has 0 radical (unpaired) electrons. The normalized spacial score (nSPS) is 12.8. The summed E-state index contributed by atoms with van der Waals surface area (Å²) in [5.41, 5.74) is 2.79. The Morgan fingerprint density at radius 2 is 1.62 bits per heavy atom.